The molecule has 2 aromatic heterocycles. The normalized spacial score (nSPS) is 14.3. The molecule has 0 bridgehead atoms. The third-order valence-electron chi connectivity index (χ3n) is 5.71. The summed E-state index contributed by atoms with van der Waals surface area (Å²) in [6, 6.07) is 8.52. The number of aromatic nitrogens is 2. The molecule has 1 aliphatic heterocycles. The number of halogens is 1. The highest BCUT2D eigenvalue weighted by atomic mass is 32.1. The van der Waals surface area contributed by atoms with Gasteiger partial charge < -0.3 is 14.7 Å². The van der Waals surface area contributed by atoms with Crippen molar-refractivity contribution in [1.82, 2.24) is 14.5 Å². The summed E-state index contributed by atoms with van der Waals surface area (Å²) in [6.07, 6.45) is 0. The first-order valence-electron chi connectivity index (χ1n) is 10.5. The number of carbonyl (C=O) groups excluding carboxylic acids is 1. The van der Waals surface area contributed by atoms with Crippen molar-refractivity contribution >= 4 is 39.1 Å². The standard InChI is InChI=1S/C22H26FN5O2S/c1-3-25(4-2)22-24-17-9-14-31-20(17)21(30)28(22)15-19(29)27-12-10-26(11-13-27)18-8-6-5-7-16(18)23/h5-9,14H,3-4,10-13,15H2,1-2H3. The van der Waals surface area contributed by atoms with E-state index < -0.39 is 0 Å². The number of fused-ring (bicyclic) bond motifs is 1. The van der Waals surface area contributed by atoms with Crippen LogP contribution in [0, 0.1) is 5.82 Å². The van der Waals surface area contributed by atoms with Crippen molar-refractivity contribution in [3.8, 4) is 0 Å². The lowest BCUT2D eigenvalue weighted by atomic mass is 10.2. The van der Waals surface area contributed by atoms with E-state index in [9.17, 15) is 14.0 Å². The molecule has 9 heteroatoms. The summed E-state index contributed by atoms with van der Waals surface area (Å²) in [5.41, 5.74) is 1.04. The number of nitrogens with zero attached hydrogens (tertiary/aromatic N) is 5. The predicted octanol–water partition coefficient (Wildman–Crippen LogP) is 2.79. The van der Waals surface area contributed by atoms with E-state index in [1.54, 1.807) is 17.0 Å². The van der Waals surface area contributed by atoms with E-state index >= 15 is 0 Å². The molecule has 3 aromatic rings. The van der Waals surface area contributed by atoms with Crippen molar-refractivity contribution in [2.24, 2.45) is 0 Å². The van der Waals surface area contributed by atoms with Gasteiger partial charge in [-0.2, -0.15) is 0 Å². The summed E-state index contributed by atoms with van der Waals surface area (Å²) in [4.78, 5) is 36.6. The number of rotatable bonds is 6. The van der Waals surface area contributed by atoms with Crippen LogP contribution >= 0.6 is 11.3 Å². The fraction of sp³-hybridized carbons (Fsp3) is 0.409. The van der Waals surface area contributed by atoms with Crippen LogP contribution in [0.3, 0.4) is 0 Å². The maximum Gasteiger partial charge on any atom is 0.273 e. The zero-order chi connectivity index (χ0) is 22.0. The van der Waals surface area contributed by atoms with Crippen molar-refractivity contribution < 1.29 is 9.18 Å². The van der Waals surface area contributed by atoms with Crippen LogP contribution in [0.5, 0.6) is 0 Å². The van der Waals surface area contributed by atoms with Crippen LogP contribution in [0.4, 0.5) is 16.0 Å². The van der Waals surface area contributed by atoms with E-state index in [4.69, 9.17) is 0 Å². The first-order chi connectivity index (χ1) is 15.0. The molecule has 0 N–H and O–H groups in total. The summed E-state index contributed by atoms with van der Waals surface area (Å²) in [5.74, 6) is 0.147. The molecule has 0 aliphatic carbocycles. The highest BCUT2D eigenvalue weighted by molar-refractivity contribution is 7.17. The molecule has 164 valence electrons. The van der Waals surface area contributed by atoms with E-state index in [-0.39, 0.29) is 23.8 Å². The van der Waals surface area contributed by atoms with Gasteiger partial charge in [0.2, 0.25) is 11.9 Å². The van der Waals surface area contributed by atoms with E-state index in [0.717, 1.165) is 0 Å². The van der Waals surface area contributed by atoms with Gasteiger partial charge in [0, 0.05) is 39.3 Å². The fourth-order valence-corrected chi connectivity index (χ4v) is 4.74. The molecule has 0 spiro atoms. The van der Waals surface area contributed by atoms with Crippen LogP contribution in [-0.2, 0) is 11.3 Å². The van der Waals surface area contributed by atoms with Gasteiger partial charge in [-0.3, -0.25) is 14.2 Å². The average molecular weight is 444 g/mol. The molecule has 1 saturated heterocycles. The summed E-state index contributed by atoms with van der Waals surface area (Å²) >= 11 is 1.34. The lowest BCUT2D eigenvalue weighted by molar-refractivity contribution is -0.132. The SMILES string of the molecule is CCN(CC)c1nc2ccsc2c(=O)n1CC(=O)N1CCN(c2ccccc2F)CC1. The quantitative estimate of drug-likeness (QED) is 0.586. The molecule has 31 heavy (non-hydrogen) atoms. The molecule has 0 radical (unpaired) electrons. The van der Waals surface area contributed by atoms with Crippen molar-refractivity contribution in [3.63, 3.8) is 0 Å². The fourth-order valence-electron chi connectivity index (χ4n) is 3.96. The van der Waals surface area contributed by atoms with E-state index in [1.807, 2.05) is 41.2 Å². The molecule has 7 nitrogen and oxygen atoms in total. The number of amides is 1. The predicted molar refractivity (Wildman–Crippen MR) is 123 cm³/mol. The van der Waals surface area contributed by atoms with Gasteiger partial charge >= 0.3 is 0 Å². The summed E-state index contributed by atoms with van der Waals surface area (Å²) in [7, 11) is 0. The van der Waals surface area contributed by atoms with Gasteiger partial charge in [-0.25, -0.2) is 9.37 Å². The minimum Gasteiger partial charge on any atom is -0.366 e. The Morgan fingerprint density at radius 3 is 2.52 bits per heavy atom. The maximum atomic E-state index is 14.1. The summed E-state index contributed by atoms with van der Waals surface area (Å²) < 4.78 is 16.1. The molecule has 3 heterocycles. The van der Waals surface area contributed by atoms with Crippen LogP contribution < -0.4 is 15.4 Å². The van der Waals surface area contributed by atoms with Gasteiger partial charge in [-0.15, -0.1) is 11.3 Å². The Labute approximate surface area is 184 Å². The summed E-state index contributed by atoms with van der Waals surface area (Å²) in [5, 5.41) is 1.85. The molecular weight excluding hydrogens is 417 g/mol. The highest BCUT2D eigenvalue weighted by Gasteiger charge is 2.25. The molecule has 1 amide bonds. The molecular formula is C22H26FN5O2S. The van der Waals surface area contributed by atoms with Crippen molar-refractivity contribution in [2.75, 3.05) is 49.1 Å². The number of para-hydroxylation sites is 1. The second-order valence-corrected chi connectivity index (χ2v) is 8.35. The Morgan fingerprint density at radius 2 is 1.84 bits per heavy atom. The van der Waals surface area contributed by atoms with Crippen LogP contribution in [-0.4, -0.2) is 59.6 Å². The number of hydrogen-bond donors (Lipinski definition) is 0. The topological polar surface area (TPSA) is 61.7 Å². The Morgan fingerprint density at radius 1 is 1.13 bits per heavy atom. The second kappa shape index (κ2) is 9.05. The molecule has 1 fully saturated rings. The number of piperazine rings is 1. The molecule has 1 aliphatic rings. The first kappa shape index (κ1) is 21.3. The first-order valence-corrected chi connectivity index (χ1v) is 11.4. The zero-order valence-corrected chi connectivity index (χ0v) is 18.6. The summed E-state index contributed by atoms with van der Waals surface area (Å²) in [6.45, 7) is 7.39. The van der Waals surface area contributed by atoms with E-state index in [0.29, 0.717) is 61.1 Å². The van der Waals surface area contributed by atoms with Crippen LogP contribution in [0.25, 0.3) is 10.2 Å². The Balaban J connectivity index is 1.54. The maximum absolute atomic E-state index is 14.1. The number of anilines is 2. The molecule has 4 rings (SSSR count). The molecule has 0 atom stereocenters. The molecule has 0 unspecified atom stereocenters. The minimum absolute atomic E-state index is 0.0504. The Hall–Kier alpha value is -2.94. The van der Waals surface area contributed by atoms with E-state index in [1.165, 1.54) is 22.0 Å². The van der Waals surface area contributed by atoms with Crippen molar-refractivity contribution in [1.29, 1.82) is 0 Å². The third kappa shape index (κ3) is 4.14. The Kier molecular flexibility index (Phi) is 6.22. The second-order valence-electron chi connectivity index (χ2n) is 7.43. The Bertz CT molecular complexity index is 1130. The minimum atomic E-state index is -0.256. The van der Waals surface area contributed by atoms with Gasteiger partial charge in [0.15, 0.2) is 0 Å². The smallest absolute Gasteiger partial charge is 0.273 e. The zero-order valence-electron chi connectivity index (χ0n) is 17.8. The van der Waals surface area contributed by atoms with Gasteiger partial charge in [0.1, 0.15) is 17.1 Å². The van der Waals surface area contributed by atoms with Crippen molar-refractivity contribution in [3.05, 3.63) is 51.9 Å². The van der Waals surface area contributed by atoms with Crippen LogP contribution in [0.1, 0.15) is 13.8 Å². The van der Waals surface area contributed by atoms with Gasteiger partial charge in [0.05, 0.1) is 11.2 Å². The third-order valence-corrected chi connectivity index (χ3v) is 6.60. The van der Waals surface area contributed by atoms with Crippen LogP contribution in [0.15, 0.2) is 40.5 Å². The van der Waals surface area contributed by atoms with Gasteiger partial charge in [-0.05, 0) is 37.4 Å². The number of carbonyl (C=O) groups is 1. The van der Waals surface area contributed by atoms with Crippen molar-refractivity contribution in [2.45, 2.75) is 20.4 Å². The van der Waals surface area contributed by atoms with Crippen LogP contribution in [0.2, 0.25) is 0 Å². The number of thiophene rings is 1. The number of benzene rings is 1. The molecule has 0 saturated carbocycles. The number of hydrogen-bond acceptors (Lipinski definition) is 6. The highest BCUT2D eigenvalue weighted by Crippen LogP contribution is 2.22. The van der Waals surface area contributed by atoms with Gasteiger partial charge in [0.25, 0.3) is 5.56 Å². The lowest BCUT2D eigenvalue weighted by Gasteiger charge is -2.36. The largest absolute Gasteiger partial charge is 0.366 e. The van der Waals surface area contributed by atoms with Gasteiger partial charge in [-0.1, -0.05) is 12.1 Å². The average Bonchev–Trinajstić information content (AvgIpc) is 3.26. The lowest BCUT2D eigenvalue weighted by Crippen LogP contribution is -2.50. The monoisotopic (exact) mass is 443 g/mol. The molecule has 1 aromatic carbocycles. The van der Waals surface area contributed by atoms with E-state index in [2.05, 4.69) is 4.98 Å².